The van der Waals surface area contributed by atoms with E-state index < -0.39 is 0 Å². The number of piperazine rings is 1. The Hall–Kier alpha value is -3.22. The Morgan fingerprint density at radius 1 is 1.00 bits per heavy atom. The molecule has 1 N–H and O–H groups in total. The maximum atomic E-state index is 12.9. The summed E-state index contributed by atoms with van der Waals surface area (Å²) in [6.07, 6.45) is 0.786. The Kier molecular flexibility index (Phi) is 5.80. The van der Waals surface area contributed by atoms with Crippen LogP contribution in [-0.4, -0.2) is 54.2 Å². The molecule has 2 aromatic rings. The minimum atomic E-state index is -0.328. The summed E-state index contributed by atoms with van der Waals surface area (Å²) in [4.78, 5) is 39.1. The molecule has 3 rings (SSSR count). The predicted molar refractivity (Wildman–Crippen MR) is 97.6 cm³/mol. The van der Waals surface area contributed by atoms with Crippen LogP contribution in [-0.2, 0) is 11.3 Å². The molecule has 0 spiro atoms. The molecule has 1 aliphatic heterocycles. The molecule has 1 fully saturated rings. The molecule has 0 aliphatic carbocycles. The Balaban J connectivity index is 1.62. The van der Waals surface area contributed by atoms with Gasteiger partial charge in [0.1, 0.15) is 5.82 Å². The number of hydrogen-bond donors (Lipinski definition) is 1. The number of rotatable bonds is 5. The van der Waals surface area contributed by atoms with E-state index in [1.54, 1.807) is 46.2 Å². The van der Waals surface area contributed by atoms with Gasteiger partial charge in [0, 0.05) is 43.9 Å². The number of carbonyl (C=O) groups excluding carboxylic acids is 3. The van der Waals surface area contributed by atoms with E-state index in [1.165, 1.54) is 12.1 Å². The molecule has 6 nitrogen and oxygen atoms in total. The van der Waals surface area contributed by atoms with Gasteiger partial charge in [0.25, 0.3) is 11.8 Å². The molecule has 7 heteroatoms. The van der Waals surface area contributed by atoms with Crippen LogP contribution in [0, 0.1) is 5.82 Å². The fourth-order valence-electron chi connectivity index (χ4n) is 2.89. The number of halogens is 1. The number of carbonyl (C=O) groups is 3. The first-order chi connectivity index (χ1) is 13.1. The molecule has 0 saturated carbocycles. The van der Waals surface area contributed by atoms with Gasteiger partial charge in [-0.2, -0.15) is 0 Å². The first-order valence-electron chi connectivity index (χ1n) is 8.68. The van der Waals surface area contributed by atoms with E-state index in [2.05, 4.69) is 5.32 Å². The van der Waals surface area contributed by atoms with Gasteiger partial charge in [0.15, 0.2) is 0 Å². The van der Waals surface area contributed by atoms with Gasteiger partial charge in [0.05, 0.1) is 0 Å². The van der Waals surface area contributed by atoms with Crippen LogP contribution in [0.4, 0.5) is 4.39 Å². The third-order valence-electron chi connectivity index (χ3n) is 4.49. The molecule has 3 amide bonds. The average Bonchev–Trinajstić information content (AvgIpc) is 2.72. The predicted octanol–water partition coefficient (Wildman–Crippen LogP) is 1.67. The Bertz CT molecular complexity index is 831. The molecule has 0 aromatic heterocycles. The van der Waals surface area contributed by atoms with Gasteiger partial charge in [-0.1, -0.05) is 18.2 Å². The van der Waals surface area contributed by atoms with Crippen LogP contribution >= 0.6 is 0 Å². The van der Waals surface area contributed by atoms with Crippen LogP contribution in [0.5, 0.6) is 0 Å². The van der Waals surface area contributed by atoms with Crippen LogP contribution in [0.15, 0.2) is 48.5 Å². The second kappa shape index (κ2) is 8.44. The van der Waals surface area contributed by atoms with E-state index in [9.17, 15) is 18.8 Å². The van der Waals surface area contributed by atoms with Crippen LogP contribution in [0.3, 0.4) is 0 Å². The van der Waals surface area contributed by atoms with Crippen molar-refractivity contribution < 1.29 is 18.8 Å². The molecule has 1 saturated heterocycles. The zero-order valence-electron chi connectivity index (χ0n) is 14.7. The van der Waals surface area contributed by atoms with Crippen molar-refractivity contribution in [2.24, 2.45) is 0 Å². The standard InChI is InChI=1S/C20H20FN3O3/c21-18-6-4-15(5-7-18)13-22-19(26)16-2-1-3-17(12-16)20(27)24-10-8-23(14-25)9-11-24/h1-7,12,14H,8-11,13H2,(H,22,26). The second-order valence-corrected chi connectivity index (χ2v) is 6.32. The van der Waals surface area contributed by atoms with Gasteiger partial charge in [0.2, 0.25) is 6.41 Å². The van der Waals surface area contributed by atoms with Crippen LogP contribution in [0.2, 0.25) is 0 Å². The molecule has 1 heterocycles. The number of nitrogens with one attached hydrogen (secondary N) is 1. The molecule has 27 heavy (non-hydrogen) atoms. The van der Waals surface area contributed by atoms with Crippen molar-refractivity contribution in [3.8, 4) is 0 Å². The van der Waals surface area contributed by atoms with Crippen molar-refractivity contribution in [2.75, 3.05) is 26.2 Å². The fourth-order valence-corrected chi connectivity index (χ4v) is 2.89. The van der Waals surface area contributed by atoms with Gasteiger partial charge in [-0.15, -0.1) is 0 Å². The monoisotopic (exact) mass is 369 g/mol. The van der Waals surface area contributed by atoms with Crippen molar-refractivity contribution in [3.05, 3.63) is 71.0 Å². The summed E-state index contributed by atoms with van der Waals surface area (Å²) in [5.41, 5.74) is 1.60. The van der Waals surface area contributed by atoms with Crippen molar-refractivity contribution in [1.29, 1.82) is 0 Å². The van der Waals surface area contributed by atoms with Crippen molar-refractivity contribution in [3.63, 3.8) is 0 Å². The van der Waals surface area contributed by atoms with Gasteiger partial charge in [-0.3, -0.25) is 14.4 Å². The maximum absolute atomic E-state index is 12.9. The van der Waals surface area contributed by atoms with E-state index in [0.717, 1.165) is 12.0 Å². The zero-order chi connectivity index (χ0) is 19.2. The Morgan fingerprint density at radius 3 is 2.33 bits per heavy atom. The first kappa shape index (κ1) is 18.6. The molecule has 140 valence electrons. The lowest BCUT2D eigenvalue weighted by molar-refractivity contribution is -0.119. The quantitative estimate of drug-likeness (QED) is 0.815. The fraction of sp³-hybridized carbons (Fsp3) is 0.250. The highest BCUT2D eigenvalue weighted by atomic mass is 19.1. The summed E-state index contributed by atoms with van der Waals surface area (Å²) < 4.78 is 12.9. The molecular weight excluding hydrogens is 349 g/mol. The van der Waals surface area contributed by atoms with E-state index in [1.807, 2.05) is 0 Å². The molecule has 1 aliphatic rings. The average molecular weight is 369 g/mol. The maximum Gasteiger partial charge on any atom is 0.253 e. The highest BCUT2D eigenvalue weighted by molar-refractivity contribution is 5.99. The van der Waals surface area contributed by atoms with E-state index >= 15 is 0 Å². The molecule has 0 unspecified atom stereocenters. The number of benzene rings is 2. The van der Waals surface area contributed by atoms with Gasteiger partial charge >= 0.3 is 0 Å². The minimum Gasteiger partial charge on any atom is -0.348 e. The second-order valence-electron chi connectivity index (χ2n) is 6.32. The lowest BCUT2D eigenvalue weighted by atomic mass is 10.1. The lowest BCUT2D eigenvalue weighted by Crippen LogP contribution is -2.48. The van der Waals surface area contributed by atoms with Gasteiger partial charge in [-0.05, 0) is 35.9 Å². The van der Waals surface area contributed by atoms with Crippen LogP contribution in [0.25, 0.3) is 0 Å². The van der Waals surface area contributed by atoms with Crippen LogP contribution in [0.1, 0.15) is 26.3 Å². The summed E-state index contributed by atoms with van der Waals surface area (Å²) in [6.45, 7) is 2.22. The summed E-state index contributed by atoms with van der Waals surface area (Å²) in [5, 5.41) is 2.76. The SMILES string of the molecule is O=CN1CCN(C(=O)c2cccc(C(=O)NCc3ccc(F)cc3)c2)CC1. The Morgan fingerprint density at radius 2 is 1.67 bits per heavy atom. The molecule has 0 bridgehead atoms. The number of hydrogen-bond acceptors (Lipinski definition) is 3. The molecule has 0 atom stereocenters. The lowest BCUT2D eigenvalue weighted by Gasteiger charge is -2.32. The molecular formula is C20H20FN3O3. The third kappa shape index (κ3) is 4.69. The van der Waals surface area contributed by atoms with Crippen molar-refractivity contribution in [1.82, 2.24) is 15.1 Å². The van der Waals surface area contributed by atoms with Crippen LogP contribution < -0.4 is 5.32 Å². The third-order valence-corrected chi connectivity index (χ3v) is 4.49. The topological polar surface area (TPSA) is 69.7 Å². The minimum absolute atomic E-state index is 0.159. The Labute approximate surface area is 156 Å². The number of nitrogens with zero attached hydrogens (tertiary/aromatic N) is 2. The normalized spacial score (nSPS) is 14.0. The van der Waals surface area contributed by atoms with Crippen molar-refractivity contribution >= 4 is 18.2 Å². The molecule has 2 aromatic carbocycles. The van der Waals surface area contributed by atoms with E-state index in [0.29, 0.717) is 37.3 Å². The zero-order valence-corrected chi connectivity index (χ0v) is 14.7. The van der Waals surface area contributed by atoms with Gasteiger partial charge in [-0.25, -0.2) is 4.39 Å². The first-order valence-corrected chi connectivity index (χ1v) is 8.68. The summed E-state index contributed by atoms with van der Waals surface area (Å²) in [6, 6.07) is 12.4. The van der Waals surface area contributed by atoms with Gasteiger partial charge < -0.3 is 15.1 Å². The largest absolute Gasteiger partial charge is 0.348 e. The summed E-state index contributed by atoms with van der Waals surface area (Å²) in [5.74, 6) is -0.793. The summed E-state index contributed by atoms with van der Waals surface area (Å²) in [7, 11) is 0. The van der Waals surface area contributed by atoms with Crippen molar-refractivity contribution in [2.45, 2.75) is 6.54 Å². The highest BCUT2D eigenvalue weighted by Crippen LogP contribution is 2.11. The van der Waals surface area contributed by atoms with E-state index in [-0.39, 0.29) is 24.2 Å². The number of amides is 3. The smallest absolute Gasteiger partial charge is 0.253 e. The molecule has 0 radical (unpaired) electrons. The van der Waals surface area contributed by atoms with E-state index in [4.69, 9.17) is 0 Å². The highest BCUT2D eigenvalue weighted by Gasteiger charge is 2.21. The summed E-state index contributed by atoms with van der Waals surface area (Å²) >= 11 is 0.